The number of benzene rings is 1. The van der Waals surface area contributed by atoms with E-state index in [9.17, 15) is 15.0 Å². The van der Waals surface area contributed by atoms with E-state index in [4.69, 9.17) is 25.8 Å². The summed E-state index contributed by atoms with van der Waals surface area (Å²) in [5.74, 6) is 0.355. The van der Waals surface area contributed by atoms with Crippen LogP contribution in [0, 0.1) is 5.92 Å². The van der Waals surface area contributed by atoms with Crippen LogP contribution in [0.4, 0.5) is 5.69 Å². The topological polar surface area (TPSA) is 104 Å². The van der Waals surface area contributed by atoms with Crippen molar-refractivity contribution in [1.82, 2.24) is 5.32 Å². The van der Waals surface area contributed by atoms with Gasteiger partial charge in [-0.25, -0.2) is 5.32 Å². The van der Waals surface area contributed by atoms with E-state index in [-0.39, 0.29) is 24.3 Å². The monoisotopic (exact) mass is 520 g/mol. The summed E-state index contributed by atoms with van der Waals surface area (Å²) < 4.78 is 17.3. The van der Waals surface area contributed by atoms with E-state index in [1.54, 1.807) is 19.1 Å². The van der Waals surface area contributed by atoms with Crippen LogP contribution in [0.3, 0.4) is 0 Å². The molecule has 2 fully saturated rings. The van der Waals surface area contributed by atoms with Crippen LogP contribution in [-0.4, -0.2) is 60.2 Å². The lowest BCUT2D eigenvalue weighted by Gasteiger charge is -2.42. The molecular formula is C27H37ClN2O6. The number of nitrogens with one attached hydrogen (secondary N) is 1. The third-order valence-corrected chi connectivity index (χ3v) is 7.95. The summed E-state index contributed by atoms with van der Waals surface area (Å²) in [6, 6.07) is 3.81. The predicted molar refractivity (Wildman–Crippen MR) is 138 cm³/mol. The first-order valence-corrected chi connectivity index (χ1v) is 12.8. The zero-order valence-electron chi connectivity index (χ0n) is 21.6. The summed E-state index contributed by atoms with van der Waals surface area (Å²) in [7, 11) is 3.29. The van der Waals surface area contributed by atoms with Crippen LogP contribution in [0.2, 0.25) is 5.02 Å². The Kier molecular flexibility index (Phi) is 7.86. The number of nitrogens with zero attached hydrogens (tertiary/aromatic N) is 1. The number of carbonyl (C=O) groups excluding carboxylic acids is 1. The Morgan fingerprint density at radius 2 is 2.08 bits per heavy atom. The van der Waals surface area contributed by atoms with Crippen molar-refractivity contribution in [2.75, 3.05) is 19.1 Å². The van der Waals surface area contributed by atoms with Crippen molar-refractivity contribution in [2.45, 2.75) is 82.8 Å². The SMILES string of the molecule is COc1cc2cc(c1Cl)N(C)C(=O)CC[C@]1(C)O[C@H]1[C@H](C)[C@@H]1C[C@](O)(C/C=C/C=C(\C)C2)NC(O)O1. The third kappa shape index (κ3) is 5.79. The first-order chi connectivity index (χ1) is 16.9. The van der Waals surface area contributed by atoms with Gasteiger partial charge < -0.3 is 29.3 Å². The minimum atomic E-state index is -1.31. The number of anilines is 1. The van der Waals surface area contributed by atoms with Gasteiger partial charge in [0, 0.05) is 32.2 Å². The van der Waals surface area contributed by atoms with E-state index in [1.807, 2.05) is 51.1 Å². The molecule has 0 saturated carbocycles. The van der Waals surface area contributed by atoms with Crippen molar-refractivity contribution in [3.05, 3.63) is 46.5 Å². The van der Waals surface area contributed by atoms with Crippen molar-refractivity contribution in [1.29, 1.82) is 0 Å². The number of amides is 1. The number of rotatable bonds is 1. The van der Waals surface area contributed by atoms with Gasteiger partial charge in [0.25, 0.3) is 0 Å². The molecule has 0 aliphatic carbocycles. The number of methoxy groups -OCH3 is 1. The number of allylic oxidation sites excluding steroid dienone is 3. The van der Waals surface area contributed by atoms with Crippen LogP contribution in [0.15, 0.2) is 35.9 Å². The molecular weight excluding hydrogens is 484 g/mol. The van der Waals surface area contributed by atoms with E-state index < -0.39 is 23.8 Å². The molecule has 1 aromatic rings. The molecule has 3 N–H and O–H groups in total. The Bertz CT molecular complexity index is 1060. The van der Waals surface area contributed by atoms with Crippen LogP contribution in [-0.2, 0) is 20.7 Å². The zero-order chi connectivity index (χ0) is 26.3. The lowest BCUT2D eigenvalue weighted by molar-refractivity contribution is -0.252. The summed E-state index contributed by atoms with van der Waals surface area (Å²) in [5, 5.41) is 24.5. The Labute approximate surface area is 217 Å². The van der Waals surface area contributed by atoms with Crippen molar-refractivity contribution in [3.8, 4) is 5.75 Å². The molecule has 36 heavy (non-hydrogen) atoms. The molecule has 4 bridgehead atoms. The Morgan fingerprint density at radius 1 is 1.33 bits per heavy atom. The predicted octanol–water partition coefficient (Wildman–Crippen LogP) is 3.68. The first-order valence-electron chi connectivity index (χ1n) is 12.4. The Morgan fingerprint density at radius 3 is 2.81 bits per heavy atom. The highest BCUT2D eigenvalue weighted by atomic mass is 35.5. The minimum Gasteiger partial charge on any atom is -0.495 e. The number of fused-ring (bicyclic) bond motifs is 5. The van der Waals surface area contributed by atoms with Crippen LogP contribution >= 0.6 is 11.6 Å². The van der Waals surface area contributed by atoms with Crippen LogP contribution in [0.5, 0.6) is 5.75 Å². The van der Waals surface area contributed by atoms with Crippen molar-refractivity contribution >= 4 is 23.2 Å². The second-order valence-electron chi connectivity index (χ2n) is 10.5. The second kappa shape index (κ2) is 10.4. The number of hydrogen-bond donors (Lipinski definition) is 3. The highest BCUT2D eigenvalue weighted by Crippen LogP contribution is 2.48. The summed E-state index contributed by atoms with van der Waals surface area (Å²) in [6.45, 7) is 5.99. The number of halogens is 1. The molecule has 3 aliphatic rings. The number of carbonyl (C=O) groups is 1. The average molecular weight is 521 g/mol. The minimum absolute atomic E-state index is 0.0738. The van der Waals surface area contributed by atoms with Gasteiger partial charge in [0.15, 0.2) is 0 Å². The normalized spacial score (nSPS) is 38.1. The molecule has 0 radical (unpaired) electrons. The molecule has 2 saturated heterocycles. The highest BCUT2D eigenvalue weighted by molar-refractivity contribution is 6.35. The largest absolute Gasteiger partial charge is 0.495 e. The lowest BCUT2D eigenvalue weighted by Crippen LogP contribution is -2.60. The number of epoxide rings is 1. The average Bonchev–Trinajstić information content (AvgIpc) is 3.50. The van der Waals surface area contributed by atoms with Crippen LogP contribution in [0.25, 0.3) is 0 Å². The highest BCUT2D eigenvalue weighted by Gasteiger charge is 2.57. The van der Waals surface area contributed by atoms with Gasteiger partial charge in [0.05, 0.1) is 30.6 Å². The Balaban J connectivity index is 1.66. The van der Waals surface area contributed by atoms with Crippen molar-refractivity contribution in [3.63, 3.8) is 0 Å². The lowest BCUT2D eigenvalue weighted by atomic mass is 9.85. The number of aliphatic hydroxyl groups excluding tert-OH is 1. The molecule has 3 heterocycles. The molecule has 1 unspecified atom stereocenters. The van der Waals surface area contributed by atoms with Crippen molar-refractivity contribution in [2.24, 2.45) is 5.92 Å². The van der Waals surface area contributed by atoms with Gasteiger partial charge in [0.1, 0.15) is 16.5 Å². The molecule has 0 aromatic heterocycles. The fourth-order valence-corrected chi connectivity index (χ4v) is 5.62. The molecule has 4 rings (SSSR count). The fraction of sp³-hybridized carbons (Fsp3) is 0.593. The molecule has 6 atom stereocenters. The standard InChI is InChI=1S/C27H37ClN2O6/c1-16-8-6-7-10-27(33)15-21(35-25(32)29-27)17(2)24-26(3,36-24)11-9-22(31)30(4)19-13-18(12-16)14-20(34-5)23(19)28/h6-8,13-14,17,21,24-25,29,32-33H,9-12,15H2,1-5H3/b7-6+,16-8+/t17-,21+,24+,25?,26+,27-/m1/s1. The van der Waals surface area contributed by atoms with Gasteiger partial charge in [-0.15, -0.1) is 0 Å². The van der Waals surface area contributed by atoms with E-state index in [0.717, 1.165) is 11.1 Å². The van der Waals surface area contributed by atoms with Gasteiger partial charge in [0.2, 0.25) is 12.3 Å². The summed E-state index contributed by atoms with van der Waals surface area (Å²) in [4.78, 5) is 14.8. The van der Waals surface area contributed by atoms with Gasteiger partial charge in [-0.3, -0.25) is 4.79 Å². The fourth-order valence-electron chi connectivity index (χ4n) is 5.30. The van der Waals surface area contributed by atoms with E-state index in [1.165, 1.54) is 0 Å². The number of aliphatic hydroxyl groups is 2. The molecule has 198 valence electrons. The number of hydrogen-bond acceptors (Lipinski definition) is 7. The van der Waals surface area contributed by atoms with Crippen LogP contribution in [0.1, 0.15) is 52.0 Å². The maximum atomic E-state index is 13.2. The second-order valence-corrected chi connectivity index (χ2v) is 10.9. The smallest absolute Gasteiger partial charge is 0.226 e. The van der Waals surface area contributed by atoms with Crippen molar-refractivity contribution < 1.29 is 29.2 Å². The van der Waals surface area contributed by atoms with Gasteiger partial charge in [-0.05, 0) is 44.4 Å². The molecule has 1 amide bonds. The summed E-state index contributed by atoms with van der Waals surface area (Å²) in [6.07, 6.45) is 5.98. The first kappa shape index (κ1) is 27.1. The van der Waals surface area contributed by atoms with E-state index in [2.05, 4.69) is 5.32 Å². The summed E-state index contributed by atoms with van der Waals surface area (Å²) in [5.41, 5.74) is 0.860. The Hall–Kier alpha value is -1.94. The molecule has 3 aliphatic heterocycles. The third-order valence-electron chi connectivity index (χ3n) is 7.57. The maximum absolute atomic E-state index is 13.2. The van der Waals surface area contributed by atoms with Crippen LogP contribution < -0.4 is 15.0 Å². The maximum Gasteiger partial charge on any atom is 0.226 e. The van der Waals surface area contributed by atoms with Gasteiger partial charge in [-0.2, -0.15) is 0 Å². The van der Waals surface area contributed by atoms with Gasteiger partial charge in [-0.1, -0.05) is 42.3 Å². The zero-order valence-corrected chi connectivity index (χ0v) is 22.3. The summed E-state index contributed by atoms with van der Waals surface area (Å²) >= 11 is 6.59. The molecule has 8 nitrogen and oxygen atoms in total. The quantitative estimate of drug-likeness (QED) is 0.485. The molecule has 9 heteroatoms. The van der Waals surface area contributed by atoms with E-state index >= 15 is 0 Å². The van der Waals surface area contributed by atoms with E-state index in [0.29, 0.717) is 42.1 Å². The molecule has 1 aromatic carbocycles. The number of ether oxygens (including phenoxy) is 3. The van der Waals surface area contributed by atoms with Gasteiger partial charge >= 0.3 is 0 Å². The molecule has 0 spiro atoms.